The van der Waals surface area contributed by atoms with Crippen molar-refractivity contribution in [2.75, 3.05) is 20.2 Å². The van der Waals surface area contributed by atoms with E-state index in [0.29, 0.717) is 11.4 Å². The normalized spacial score (nSPS) is 16.6. The van der Waals surface area contributed by atoms with Crippen LogP contribution in [0.2, 0.25) is 10.0 Å². The first-order valence-electron chi connectivity index (χ1n) is 10.7. The lowest BCUT2D eigenvalue weighted by Gasteiger charge is -2.29. The first-order chi connectivity index (χ1) is 15.0. The molecule has 7 heteroatoms. The molecule has 0 aliphatic carbocycles. The number of nitrogens with one attached hydrogen (secondary N) is 1. The quantitative estimate of drug-likeness (QED) is 0.394. The van der Waals surface area contributed by atoms with E-state index >= 15 is 0 Å². The average Bonchev–Trinajstić information content (AvgIpc) is 2.79. The molecule has 0 spiro atoms. The van der Waals surface area contributed by atoms with Crippen molar-refractivity contribution >= 4 is 29.1 Å². The number of methoxy groups -OCH3 is 1. The predicted molar refractivity (Wildman–Crippen MR) is 124 cm³/mol. The lowest BCUT2D eigenvalue weighted by Crippen LogP contribution is -2.31. The summed E-state index contributed by atoms with van der Waals surface area (Å²) in [5.74, 6) is -0.573. The third-order valence-electron chi connectivity index (χ3n) is 5.97. The molecule has 1 aliphatic rings. The molecular formula is C24H30Cl2N2O3. The highest BCUT2D eigenvalue weighted by Crippen LogP contribution is 2.32. The zero-order chi connectivity index (χ0) is 22.2. The Hall–Kier alpha value is -1.63. The van der Waals surface area contributed by atoms with Crippen LogP contribution in [0.5, 0.6) is 0 Å². The molecule has 1 saturated heterocycles. The van der Waals surface area contributed by atoms with Crippen molar-refractivity contribution in [3.63, 3.8) is 0 Å². The van der Waals surface area contributed by atoms with Gasteiger partial charge >= 0.3 is 0 Å². The fraction of sp³-hybridized carbons (Fsp3) is 0.458. The van der Waals surface area contributed by atoms with E-state index in [1.807, 2.05) is 36.4 Å². The van der Waals surface area contributed by atoms with E-state index in [1.165, 1.54) is 19.3 Å². The van der Waals surface area contributed by atoms with E-state index in [1.54, 1.807) is 12.6 Å². The van der Waals surface area contributed by atoms with Crippen molar-refractivity contribution in [1.29, 1.82) is 0 Å². The van der Waals surface area contributed by atoms with Crippen LogP contribution < -0.4 is 5.48 Å². The van der Waals surface area contributed by atoms with Crippen LogP contribution in [0.15, 0.2) is 42.5 Å². The molecule has 1 fully saturated rings. The van der Waals surface area contributed by atoms with Crippen molar-refractivity contribution in [2.45, 2.75) is 50.7 Å². The predicted octanol–water partition coefficient (Wildman–Crippen LogP) is 5.22. The minimum Gasteiger partial charge on any atom is -0.380 e. The minimum absolute atomic E-state index is 0.0509. The molecule has 2 aromatic carbocycles. The zero-order valence-electron chi connectivity index (χ0n) is 17.8. The molecule has 1 aliphatic heterocycles. The van der Waals surface area contributed by atoms with Gasteiger partial charge in [0.25, 0.3) is 0 Å². The standard InChI is InChI=1S/C24H30Cl2N2O3/c1-31-23(15-24(29)27-30)21(13-17-5-8-20(25)9-6-17)18-7-10-22(26)19(14-18)16-28-11-3-2-4-12-28/h5-10,14,21,23,30H,2-4,11-13,15-16H2,1H3,(H,27,29)/t21-,23-/m1/s1. The summed E-state index contributed by atoms with van der Waals surface area (Å²) in [6.45, 7) is 2.99. The van der Waals surface area contributed by atoms with E-state index in [2.05, 4.69) is 11.0 Å². The van der Waals surface area contributed by atoms with Crippen LogP contribution in [-0.4, -0.2) is 42.3 Å². The summed E-state index contributed by atoms with van der Waals surface area (Å²) in [7, 11) is 1.59. The number of nitrogens with zero attached hydrogens (tertiary/aromatic N) is 1. The molecule has 0 aromatic heterocycles. The molecule has 0 unspecified atom stereocenters. The Morgan fingerprint density at radius 2 is 1.84 bits per heavy atom. The van der Waals surface area contributed by atoms with Gasteiger partial charge in [0.2, 0.25) is 5.91 Å². The minimum atomic E-state index is -0.476. The number of rotatable bonds is 9. The van der Waals surface area contributed by atoms with E-state index < -0.39 is 12.0 Å². The summed E-state index contributed by atoms with van der Waals surface area (Å²) in [6.07, 6.45) is 4.04. The Bertz CT molecular complexity index is 854. The smallest absolute Gasteiger partial charge is 0.245 e. The van der Waals surface area contributed by atoms with Gasteiger partial charge in [-0.2, -0.15) is 0 Å². The molecule has 0 radical (unpaired) electrons. The third-order valence-corrected chi connectivity index (χ3v) is 6.59. The van der Waals surface area contributed by atoms with Crippen LogP contribution in [-0.2, 0) is 22.5 Å². The molecule has 3 rings (SSSR count). The van der Waals surface area contributed by atoms with Crippen molar-refractivity contribution in [3.05, 3.63) is 69.2 Å². The largest absolute Gasteiger partial charge is 0.380 e. The number of carbonyl (C=O) groups excluding carboxylic acids is 1. The number of halogens is 2. The Labute approximate surface area is 194 Å². The second kappa shape index (κ2) is 11.8. The summed E-state index contributed by atoms with van der Waals surface area (Å²) in [6, 6.07) is 13.8. The maximum Gasteiger partial charge on any atom is 0.245 e. The van der Waals surface area contributed by atoms with Gasteiger partial charge in [-0.25, -0.2) is 5.48 Å². The lowest BCUT2D eigenvalue weighted by molar-refractivity contribution is -0.132. The van der Waals surface area contributed by atoms with Crippen LogP contribution in [0, 0.1) is 0 Å². The fourth-order valence-electron chi connectivity index (χ4n) is 4.26. The highest BCUT2D eigenvalue weighted by atomic mass is 35.5. The second-order valence-electron chi connectivity index (χ2n) is 8.14. The van der Waals surface area contributed by atoms with Gasteiger partial charge in [-0.3, -0.25) is 14.9 Å². The number of benzene rings is 2. The molecule has 5 nitrogen and oxygen atoms in total. The maximum atomic E-state index is 11.9. The van der Waals surface area contributed by atoms with Crippen molar-refractivity contribution < 1.29 is 14.7 Å². The van der Waals surface area contributed by atoms with Crippen LogP contribution >= 0.6 is 23.2 Å². The summed E-state index contributed by atoms with van der Waals surface area (Å²) in [4.78, 5) is 14.4. The Morgan fingerprint density at radius 1 is 1.13 bits per heavy atom. The van der Waals surface area contributed by atoms with Gasteiger partial charge in [-0.1, -0.05) is 53.9 Å². The van der Waals surface area contributed by atoms with Crippen molar-refractivity contribution in [2.24, 2.45) is 0 Å². The zero-order valence-corrected chi connectivity index (χ0v) is 19.3. The summed E-state index contributed by atoms with van der Waals surface area (Å²) >= 11 is 12.6. The number of ether oxygens (including phenoxy) is 1. The molecule has 1 amide bonds. The lowest BCUT2D eigenvalue weighted by atomic mass is 9.85. The number of likely N-dealkylation sites (tertiary alicyclic amines) is 1. The third kappa shape index (κ3) is 6.93. The van der Waals surface area contributed by atoms with E-state index in [9.17, 15) is 4.79 Å². The molecule has 0 bridgehead atoms. The second-order valence-corrected chi connectivity index (χ2v) is 8.98. The molecule has 168 valence electrons. The van der Waals surface area contributed by atoms with E-state index in [4.69, 9.17) is 33.1 Å². The van der Waals surface area contributed by atoms with E-state index in [0.717, 1.165) is 41.3 Å². The number of amides is 1. The van der Waals surface area contributed by atoms with Gasteiger partial charge in [-0.15, -0.1) is 0 Å². The van der Waals surface area contributed by atoms with Crippen LogP contribution in [0.1, 0.15) is 48.3 Å². The number of piperidine rings is 1. The van der Waals surface area contributed by atoms with Gasteiger partial charge in [-0.05, 0) is 67.2 Å². The monoisotopic (exact) mass is 464 g/mol. The van der Waals surface area contributed by atoms with Gasteiger partial charge in [0, 0.05) is 29.6 Å². The molecule has 2 aromatic rings. The SMILES string of the molecule is CO[C@H](CC(=O)NO)[C@H](Cc1ccc(Cl)cc1)c1ccc(Cl)c(CN2CCCCC2)c1. The van der Waals surface area contributed by atoms with Gasteiger partial charge < -0.3 is 4.74 Å². The summed E-state index contributed by atoms with van der Waals surface area (Å²) in [5, 5.41) is 10.5. The molecule has 2 atom stereocenters. The van der Waals surface area contributed by atoms with Gasteiger partial charge in [0.15, 0.2) is 0 Å². The molecular weight excluding hydrogens is 435 g/mol. The Balaban J connectivity index is 1.90. The van der Waals surface area contributed by atoms with Crippen LogP contribution in [0.25, 0.3) is 0 Å². The number of hydrogen-bond donors (Lipinski definition) is 2. The van der Waals surface area contributed by atoms with Crippen LogP contribution in [0.4, 0.5) is 0 Å². The van der Waals surface area contributed by atoms with Crippen molar-refractivity contribution in [3.8, 4) is 0 Å². The molecule has 0 saturated carbocycles. The van der Waals surface area contributed by atoms with Crippen molar-refractivity contribution in [1.82, 2.24) is 10.4 Å². The van der Waals surface area contributed by atoms with E-state index in [-0.39, 0.29) is 12.3 Å². The summed E-state index contributed by atoms with van der Waals surface area (Å²) in [5.41, 5.74) is 4.95. The molecule has 31 heavy (non-hydrogen) atoms. The first-order valence-corrected chi connectivity index (χ1v) is 11.5. The average molecular weight is 465 g/mol. The van der Waals surface area contributed by atoms with Gasteiger partial charge in [0.05, 0.1) is 12.5 Å². The summed E-state index contributed by atoms with van der Waals surface area (Å²) < 4.78 is 5.71. The van der Waals surface area contributed by atoms with Crippen LogP contribution in [0.3, 0.4) is 0 Å². The highest BCUT2D eigenvalue weighted by molar-refractivity contribution is 6.31. The number of hydroxylamine groups is 1. The van der Waals surface area contributed by atoms with Gasteiger partial charge in [0.1, 0.15) is 0 Å². The first kappa shape index (κ1) is 24.0. The maximum absolute atomic E-state index is 11.9. The topological polar surface area (TPSA) is 61.8 Å². The number of carbonyl (C=O) groups is 1. The Morgan fingerprint density at radius 3 is 2.48 bits per heavy atom. The Kier molecular flexibility index (Phi) is 9.17. The fourth-order valence-corrected chi connectivity index (χ4v) is 4.56. The highest BCUT2D eigenvalue weighted by Gasteiger charge is 2.27. The molecule has 2 N–H and O–H groups in total. The molecule has 1 heterocycles. The number of hydrogen-bond acceptors (Lipinski definition) is 4.